The number of nitrogens with one attached hydrogen (secondary N) is 1. The maximum absolute atomic E-state index is 14.3. The van der Waals surface area contributed by atoms with Crippen LogP contribution in [0.15, 0.2) is 36.7 Å². The third kappa shape index (κ3) is 2.31. The maximum Gasteiger partial charge on any atom is 0.256 e. The molecule has 2 bridgehead atoms. The van der Waals surface area contributed by atoms with Gasteiger partial charge >= 0.3 is 0 Å². The lowest BCUT2D eigenvalue weighted by Gasteiger charge is -2.31. The molecule has 1 saturated heterocycles. The normalized spacial score (nSPS) is 27.8. The molecular weight excluding hydrogens is 373 g/mol. The zero-order chi connectivity index (χ0) is 19.8. The second kappa shape index (κ2) is 5.68. The minimum absolute atomic E-state index is 0.237. The SMILES string of the molecule is C[C@H]1CNC(=O)c2cnn3ccc(nc23)N2CC[C@H]3C[C@]32c2cc(F)ccc2O1. The van der Waals surface area contributed by atoms with Crippen LogP contribution in [-0.2, 0) is 5.54 Å². The van der Waals surface area contributed by atoms with E-state index in [1.165, 1.54) is 12.3 Å². The van der Waals surface area contributed by atoms with Crippen LogP contribution in [0.4, 0.5) is 10.2 Å². The van der Waals surface area contributed by atoms with Crippen molar-refractivity contribution in [3.63, 3.8) is 0 Å². The number of ether oxygens (including phenoxy) is 1. The molecule has 3 atom stereocenters. The number of rotatable bonds is 0. The Balaban J connectivity index is 1.58. The zero-order valence-electron chi connectivity index (χ0n) is 15.9. The lowest BCUT2D eigenvalue weighted by molar-refractivity contribution is 0.0933. The summed E-state index contributed by atoms with van der Waals surface area (Å²) in [4.78, 5) is 19.7. The summed E-state index contributed by atoms with van der Waals surface area (Å²) in [6, 6.07) is 6.64. The fourth-order valence-electron chi connectivity index (χ4n) is 4.97. The predicted octanol–water partition coefficient (Wildman–Crippen LogP) is 2.50. The first-order valence-electron chi connectivity index (χ1n) is 9.93. The number of amides is 1. The number of piperidine rings is 1. The van der Waals surface area contributed by atoms with Crippen LogP contribution < -0.4 is 15.0 Å². The number of halogens is 1. The van der Waals surface area contributed by atoms with E-state index in [9.17, 15) is 9.18 Å². The summed E-state index contributed by atoms with van der Waals surface area (Å²) in [5.74, 6) is 1.37. The average molecular weight is 393 g/mol. The van der Waals surface area contributed by atoms with Crippen molar-refractivity contribution in [3.8, 4) is 5.75 Å². The maximum atomic E-state index is 14.3. The van der Waals surface area contributed by atoms with Gasteiger partial charge in [-0.1, -0.05) is 0 Å². The molecule has 1 saturated carbocycles. The molecule has 0 radical (unpaired) electrons. The highest BCUT2D eigenvalue weighted by Gasteiger charge is 2.64. The molecule has 4 heterocycles. The largest absolute Gasteiger partial charge is 0.489 e. The van der Waals surface area contributed by atoms with Gasteiger partial charge in [0, 0.05) is 18.3 Å². The van der Waals surface area contributed by atoms with E-state index in [1.54, 1.807) is 16.6 Å². The first kappa shape index (κ1) is 16.8. The first-order chi connectivity index (χ1) is 14.1. The third-order valence-electron chi connectivity index (χ3n) is 6.42. The molecule has 0 unspecified atom stereocenters. The molecule has 2 aromatic heterocycles. The fourth-order valence-corrected chi connectivity index (χ4v) is 4.97. The Bertz CT molecular complexity index is 1160. The summed E-state index contributed by atoms with van der Waals surface area (Å²) >= 11 is 0. The highest BCUT2D eigenvalue weighted by Crippen LogP contribution is 2.65. The molecule has 1 spiro atoms. The first-order valence-corrected chi connectivity index (χ1v) is 9.93. The van der Waals surface area contributed by atoms with Gasteiger partial charge in [0.1, 0.15) is 29.1 Å². The second-order valence-corrected chi connectivity index (χ2v) is 8.16. The molecular formula is C21H20FN5O2. The van der Waals surface area contributed by atoms with Gasteiger partial charge < -0.3 is 15.0 Å². The summed E-state index contributed by atoms with van der Waals surface area (Å²) in [6.45, 7) is 3.05. The molecule has 2 aliphatic heterocycles. The Kier molecular flexibility index (Phi) is 3.29. The summed E-state index contributed by atoms with van der Waals surface area (Å²) < 4.78 is 22.1. The van der Waals surface area contributed by atoms with E-state index in [-0.39, 0.29) is 23.4 Å². The number of nitrogens with zero attached hydrogens (tertiary/aromatic N) is 4. The molecule has 3 aliphatic rings. The van der Waals surface area contributed by atoms with Crippen LogP contribution in [0.25, 0.3) is 5.65 Å². The van der Waals surface area contributed by atoms with E-state index in [2.05, 4.69) is 15.3 Å². The summed E-state index contributed by atoms with van der Waals surface area (Å²) in [5.41, 5.74) is 1.51. The Morgan fingerprint density at radius 2 is 2.24 bits per heavy atom. The molecule has 3 aromatic rings. The Hall–Kier alpha value is -3.16. The van der Waals surface area contributed by atoms with E-state index in [1.807, 2.05) is 19.2 Å². The standard InChI is InChI=1S/C21H20FN5O2/c1-12-10-23-20(28)15-11-24-27-7-5-18(25-19(15)27)26-6-4-13-9-21(13,26)16-8-14(22)2-3-17(16)29-12/h2-3,5,7-8,11-13H,4,6,9-10H2,1H3,(H,23,28)/t12-,13-,21+/m0/s1. The van der Waals surface area contributed by atoms with E-state index >= 15 is 0 Å². The van der Waals surface area contributed by atoms with Crippen molar-refractivity contribution in [2.24, 2.45) is 5.92 Å². The fraction of sp³-hybridized carbons (Fsp3) is 0.381. The molecule has 7 nitrogen and oxygen atoms in total. The molecule has 2 fully saturated rings. The predicted molar refractivity (Wildman–Crippen MR) is 104 cm³/mol. The van der Waals surface area contributed by atoms with Crippen molar-refractivity contribution in [1.29, 1.82) is 0 Å². The smallest absolute Gasteiger partial charge is 0.256 e. The van der Waals surface area contributed by atoms with Crippen molar-refractivity contribution in [2.75, 3.05) is 18.0 Å². The van der Waals surface area contributed by atoms with Gasteiger partial charge in [0.15, 0.2) is 5.65 Å². The van der Waals surface area contributed by atoms with Crippen molar-refractivity contribution in [1.82, 2.24) is 19.9 Å². The number of hydrogen-bond acceptors (Lipinski definition) is 5. The van der Waals surface area contributed by atoms with Crippen molar-refractivity contribution >= 4 is 17.4 Å². The molecule has 148 valence electrons. The van der Waals surface area contributed by atoms with Crippen LogP contribution in [0.5, 0.6) is 5.75 Å². The highest BCUT2D eigenvalue weighted by molar-refractivity contribution is 5.99. The van der Waals surface area contributed by atoms with Gasteiger partial charge in [-0.05, 0) is 49.9 Å². The summed E-state index contributed by atoms with van der Waals surface area (Å²) in [6.07, 6.45) is 5.05. The highest BCUT2D eigenvalue weighted by atomic mass is 19.1. The van der Waals surface area contributed by atoms with Gasteiger partial charge in [-0.25, -0.2) is 13.9 Å². The lowest BCUT2D eigenvalue weighted by Crippen LogP contribution is -2.35. The molecule has 29 heavy (non-hydrogen) atoms. The topological polar surface area (TPSA) is 71.8 Å². The van der Waals surface area contributed by atoms with Crippen molar-refractivity contribution in [2.45, 2.75) is 31.4 Å². The number of hydrogen-bond donors (Lipinski definition) is 1. The minimum Gasteiger partial charge on any atom is -0.489 e. The zero-order valence-corrected chi connectivity index (χ0v) is 15.9. The molecule has 8 heteroatoms. The number of carbonyl (C=O) groups is 1. The van der Waals surface area contributed by atoms with Crippen LogP contribution in [-0.4, -0.2) is 39.7 Å². The number of benzene rings is 1. The Morgan fingerprint density at radius 1 is 1.34 bits per heavy atom. The van der Waals surface area contributed by atoms with Gasteiger partial charge in [-0.2, -0.15) is 5.10 Å². The summed E-state index contributed by atoms with van der Waals surface area (Å²) in [5, 5.41) is 7.15. The number of carbonyl (C=O) groups excluding carboxylic acids is 1. The molecule has 1 N–H and O–H groups in total. The minimum atomic E-state index is -0.311. The van der Waals surface area contributed by atoms with E-state index in [4.69, 9.17) is 9.72 Å². The van der Waals surface area contributed by atoms with Crippen LogP contribution in [0.3, 0.4) is 0 Å². The van der Waals surface area contributed by atoms with Crippen LogP contribution in [0, 0.1) is 11.7 Å². The van der Waals surface area contributed by atoms with E-state index in [0.29, 0.717) is 29.4 Å². The Morgan fingerprint density at radius 3 is 3.10 bits per heavy atom. The molecule has 1 aliphatic carbocycles. The van der Waals surface area contributed by atoms with Gasteiger partial charge in [0.2, 0.25) is 0 Å². The molecule has 1 amide bonds. The van der Waals surface area contributed by atoms with Gasteiger partial charge in [0.25, 0.3) is 5.91 Å². The van der Waals surface area contributed by atoms with Gasteiger partial charge in [-0.3, -0.25) is 4.79 Å². The van der Waals surface area contributed by atoms with E-state index in [0.717, 1.165) is 30.8 Å². The van der Waals surface area contributed by atoms with Crippen LogP contribution >= 0.6 is 0 Å². The van der Waals surface area contributed by atoms with Crippen molar-refractivity contribution in [3.05, 3.63) is 53.6 Å². The van der Waals surface area contributed by atoms with Crippen LogP contribution in [0.1, 0.15) is 35.7 Å². The lowest BCUT2D eigenvalue weighted by atomic mass is 10.0. The summed E-state index contributed by atoms with van der Waals surface area (Å²) in [7, 11) is 0. The number of aromatic nitrogens is 3. The van der Waals surface area contributed by atoms with E-state index < -0.39 is 0 Å². The monoisotopic (exact) mass is 393 g/mol. The average Bonchev–Trinajstić information content (AvgIpc) is 3.10. The van der Waals surface area contributed by atoms with Gasteiger partial charge in [-0.15, -0.1) is 0 Å². The third-order valence-corrected chi connectivity index (χ3v) is 6.42. The molecule has 1 aromatic carbocycles. The quantitative estimate of drug-likeness (QED) is 0.636. The molecule has 6 rings (SSSR count). The number of anilines is 1. The Labute approximate surface area is 166 Å². The van der Waals surface area contributed by atoms with Gasteiger partial charge in [0.05, 0.1) is 18.3 Å². The van der Waals surface area contributed by atoms with Crippen molar-refractivity contribution < 1.29 is 13.9 Å². The number of fused-ring (bicyclic) bond motifs is 3. The van der Waals surface area contributed by atoms with Crippen LogP contribution in [0.2, 0.25) is 0 Å². The second-order valence-electron chi connectivity index (χ2n) is 8.16.